The molecule has 0 aromatic carbocycles. The Kier molecular flexibility index (Phi) is 4.82. The summed E-state index contributed by atoms with van der Waals surface area (Å²) in [5.41, 5.74) is 0. The Morgan fingerprint density at radius 2 is 2.50 bits per heavy atom. The maximum atomic E-state index is 5.84. The average molecular weight is 239 g/mol. The number of hydrogen-bond donors (Lipinski definition) is 1. The van der Waals surface area contributed by atoms with Crippen LogP contribution in [-0.2, 0) is 11.2 Å². The summed E-state index contributed by atoms with van der Waals surface area (Å²) in [4.78, 5) is 1.48. The van der Waals surface area contributed by atoms with Crippen LogP contribution in [0, 0.1) is 0 Å². The number of thiophene rings is 1. The van der Waals surface area contributed by atoms with Crippen molar-refractivity contribution < 1.29 is 4.74 Å². The predicted molar refractivity (Wildman–Crippen MR) is 69.1 cm³/mol. The van der Waals surface area contributed by atoms with Crippen LogP contribution in [0.3, 0.4) is 0 Å². The van der Waals surface area contributed by atoms with E-state index in [1.807, 2.05) is 11.3 Å². The van der Waals surface area contributed by atoms with E-state index in [0.717, 1.165) is 6.61 Å². The van der Waals surface area contributed by atoms with Crippen molar-refractivity contribution in [2.24, 2.45) is 0 Å². The highest BCUT2D eigenvalue weighted by atomic mass is 32.1. The lowest BCUT2D eigenvalue weighted by Crippen LogP contribution is -2.41. The van der Waals surface area contributed by atoms with Crippen molar-refractivity contribution in [3.05, 3.63) is 22.4 Å². The summed E-state index contributed by atoms with van der Waals surface area (Å²) in [5, 5.41) is 5.57. The molecular formula is C13H21NOS. The Hall–Kier alpha value is -0.380. The van der Waals surface area contributed by atoms with Crippen molar-refractivity contribution in [2.45, 2.75) is 44.2 Å². The van der Waals surface area contributed by atoms with Gasteiger partial charge < -0.3 is 10.1 Å². The quantitative estimate of drug-likeness (QED) is 0.853. The fourth-order valence-electron chi connectivity index (χ4n) is 2.35. The molecule has 16 heavy (non-hydrogen) atoms. The molecule has 2 unspecified atom stereocenters. The van der Waals surface area contributed by atoms with Gasteiger partial charge in [0, 0.05) is 17.5 Å². The third-order valence-electron chi connectivity index (χ3n) is 3.32. The summed E-state index contributed by atoms with van der Waals surface area (Å²) in [5.74, 6) is 0. The molecule has 0 amide bonds. The number of aryl methyl sites for hydroxylation is 1. The third kappa shape index (κ3) is 3.30. The molecule has 3 heteroatoms. The second kappa shape index (κ2) is 6.38. The van der Waals surface area contributed by atoms with Gasteiger partial charge >= 0.3 is 0 Å². The molecule has 1 saturated heterocycles. The fourth-order valence-corrected chi connectivity index (χ4v) is 3.08. The first kappa shape index (κ1) is 12.1. The van der Waals surface area contributed by atoms with Gasteiger partial charge in [0.2, 0.25) is 0 Å². The van der Waals surface area contributed by atoms with Crippen molar-refractivity contribution in [3.8, 4) is 0 Å². The fraction of sp³-hybridized carbons (Fsp3) is 0.692. The summed E-state index contributed by atoms with van der Waals surface area (Å²) in [6.45, 7) is 0.946. The molecule has 1 aromatic rings. The summed E-state index contributed by atoms with van der Waals surface area (Å²) < 4.78 is 5.84. The first-order valence-corrected chi connectivity index (χ1v) is 7.09. The minimum absolute atomic E-state index is 0.429. The molecule has 0 aliphatic carbocycles. The van der Waals surface area contributed by atoms with Crippen molar-refractivity contribution in [2.75, 3.05) is 13.7 Å². The molecule has 0 bridgehead atoms. The van der Waals surface area contributed by atoms with Crippen LogP contribution in [0.15, 0.2) is 17.5 Å². The summed E-state index contributed by atoms with van der Waals surface area (Å²) in [6.07, 6.45) is 6.55. The highest BCUT2D eigenvalue weighted by Crippen LogP contribution is 2.20. The Morgan fingerprint density at radius 1 is 1.56 bits per heavy atom. The molecule has 2 heterocycles. The molecule has 1 fully saturated rings. The van der Waals surface area contributed by atoms with E-state index in [2.05, 4.69) is 29.9 Å². The third-order valence-corrected chi connectivity index (χ3v) is 4.25. The second-order valence-corrected chi connectivity index (χ2v) is 5.45. The Morgan fingerprint density at radius 3 is 3.12 bits per heavy atom. The maximum absolute atomic E-state index is 5.84. The molecule has 2 atom stereocenters. The van der Waals surface area contributed by atoms with Gasteiger partial charge in [-0.2, -0.15) is 0 Å². The van der Waals surface area contributed by atoms with Crippen LogP contribution < -0.4 is 5.32 Å². The zero-order chi connectivity index (χ0) is 11.2. The van der Waals surface area contributed by atoms with Crippen LogP contribution in [-0.4, -0.2) is 25.8 Å². The Bertz CT molecular complexity index is 280. The highest BCUT2D eigenvalue weighted by Gasteiger charge is 2.22. The van der Waals surface area contributed by atoms with Gasteiger partial charge in [-0.05, 0) is 50.6 Å². The molecule has 2 rings (SSSR count). The van der Waals surface area contributed by atoms with Gasteiger partial charge in [0.25, 0.3) is 0 Å². The number of ether oxygens (including phenoxy) is 1. The van der Waals surface area contributed by atoms with Gasteiger partial charge in [0.05, 0.1) is 6.10 Å². The van der Waals surface area contributed by atoms with Gasteiger partial charge in [-0.1, -0.05) is 6.07 Å². The minimum Gasteiger partial charge on any atom is -0.377 e. The van der Waals surface area contributed by atoms with E-state index in [-0.39, 0.29) is 0 Å². The molecule has 0 spiro atoms. The van der Waals surface area contributed by atoms with Crippen LogP contribution in [0.25, 0.3) is 0 Å². The van der Waals surface area contributed by atoms with E-state index >= 15 is 0 Å². The molecule has 1 aliphatic heterocycles. The van der Waals surface area contributed by atoms with Crippen molar-refractivity contribution in [1.29, 1.82) is 0 Å². The van der Waals surface area contributed by atoms with Gasteiger partial charge in [-0.25, -0.2) is 0 Å². The van der Waals surface area contributed by atoms with Crippen LogP contribution in [0.2, 0.25) is 0 Å². The van der Waals surface area contributed by atoms with E-state index < -0.39 is 0 Å². The molecule has 0 radical (unpaired) electrons. The molecular weight excluding hydrogens is 218 g/mol. The van der Waals surface area contributed by atoms with Crippen LogP contribution in [0.5, 0.6) is 0 Å². The SMILES string of the molecule is CNC(CCc1cccs1)C1CCCCO1. The molecule has 2 nitrogen and oxygen atoms in total. The number of hydrogen-bond acceptors (Lipinski definition) is 3. The second-order valence-electron chi connectivity index (χ2n) is 4.42. The largest absolute Gasteiger partial charge is 0.377 e. The lowest BCUT2D eigenvalue weighted by atomic mass is 9.98. The monoisotopic (exact) mass is 239 g/mol. The lowest BCUT2D eigenvalue weighted by molar-refractivity contribution is -0.00756. The molecule has 90 valence electrons. The first-order chi connectivity index (χ1) is 7.90. The maximum Gasteiger partial charge on any atom is 0.0728 e. The zero-order valence-electron chi connectivity index (χ0n) is 9.95. The van der Waals surface area contributed by atoms with E-state index in [1.165, 1.54) is 37.0 Å². The minimum atomic E-state index is 0.429. The van der Waals surface area contributed by atoms with E-state index in [9.17, 15) is 0 Å². The van der Waals surface area contributed by atoms with Crippen molar-refractivity contribution in [1.82, 2.24) is 5.32 Å². The van der Waals surface area contributed by atoms with E-state index in [4.69, 9.17) is 4.74 Å². The van der Waals surface area contributed by atoms with Gasteiger partial charge in [-0.3, -0.25) is 0 Å². The molecule has 1 aliphatic rings. The molecule has 0 saturated carbocycles. The molecule has 1 aromatic heterocycles. The van der Waals surface area contributed by atoms with Crippen LogP contribution in [0.4, 0.5) is 0 Å². The lowest BCUT2D eigenvalue weighted by Gasteiger charge is -2.30. The van der Waals surface area contributed by atoms with Gasteiger partial charge in [0.1, 0.15) is 0 Å². The van der Waals surface area contributed by atoms with E-state index in [0.29, 0.717) is 12.1 Å². The standard InChI is InChI=1S/C13H21NOS/c1-14-12(13-6-2-3-9-15-13)8-7-11-5-4-10-16-11/h4-5,10,12-14H,2-3,6-9H2,1H3. The summed E-state index contributed by atoms with van der Waals surface area (Å²) >= 11 is 1.85. The summed E-state index contributed by atoms with van der Waals surface area (Å²) in [6, 6.07) is 4.87. The molecule has 1 N–H and O–H groups in total. The van der Waals surface area contributed by atoms with Crippen molar-refractivity contribution in [3.63, 3.8) is 0 Å². The Balaban J connectivity index is 1.80. The average Bonchev–Trinajstić information content (AvgIpc) is 2.84. The zero-order valence-corrected chi connectivity index (χ0v) is 10.8. The normalized spacial score (nSPS) is 23.2. The number of likely N-dealkylation sites (N-methyl/N-ethyl adjacent to an activating group) is 1. The summed E-state index contributed by atoms with van der Waals surface area (Å²) in [7, 11) is 2.05. The van der Waals surface area contributed by atoms with Gasteiger partial charge in [-0.15, -0.1) is 11.3 Å². The predicted octanol–water partition coefficient (Wildman–Crippen LogP) is 2.84. The highest BCUT2D eigenvalue weighted by molar-refractivity contribution is 7.09. The van der Waals surface area contributed by atoms with E-state index in [1.54, 1.807) is 0 Å². The Labute approximate surface area is 102 Å². The van der Waals surface area contributed by atoms with Crippen molar-refractivity contribution >= 4 is 11.3 Å². The van der Waals surface area contributed by atoms with Crippen LogP contribution in [0.1, 0.15) is 30.6 Å². The van der Waals surface area contributed by atoms with Gasteiger partial charge in [0.15, 0.2) is 0 Å². The smallest absolute Gasteiger partial charge is 0.0728 e. The number of nitrogens with one attached hydrogen (secondary N) is 1. The first-order valence-electron chi connectivity index (χ1n) is 6.21. The number of rotatable bonds is 5. The van der Waals surface area contributed by atoms with Crippen LogP contribution >= 0.6 is 11.3 Å². The topological polar surface area (TPSA) is 21.3 Å².